The fraction of sp³-hybridized carbons (Fsp3) is 0. The molecule has 0 saturated heterocycles. The predicted octanol–water partition coefficient (Wildman–Crippen LogP) is 7.08. The molecule has 0 fully saturated rings. The first kappa shape index (κ1) is 17.2. The first-order valence-electron chi connectivity index (χ1n) is 9.74. The summed E-state index contributed by atoms with van der Waals surface area (Å²) in [5.74, 6) is 0.876. The monoisotopic (exact) mass is 372 g/mol. The van der Waals surface area contributed by atoms with Gasteiger partial charge >= 0.3 is 0 Å². The summed E-state index contributed by atoms with van der Waals surface area (Å²) in [6.45, 7) is 0. The lowest BCUT2D eigenvalue weighted by atomic mass is 9.87. The number of H-pyrrole nitrogens is 1. The SMILES string of the molecule is c1ccc(-c2cc(-c3ccccc3)c(-c3ncc[nH]3)cc2-c2ccccc2)cc1. The number of aromatic nitrogens is 2. The van der Waals surface area contributed by atoms with Crippen LogP contribution in [0.2, 0.25) is 0 Å². The molecule has 138 valence electrons. The molecule has 4 aromatic carbocycles. The van der Waals surface area contributed by atoms with Crippen LogP contribution in [0.1, 0.15) is 0 Å². The zero-order valence-electron chi connectivity index (χ0n) is 15.9. The smallest absolute Gasteiger partial charge is 0.137 e. The Balaban J connectivity index is 1.84. The fourth-order valence-corrected chi connectivity index (χ4v) is 3.78. The van der Waals surface area contributed by atoms with Crippen LogP contribution in [-0.2, 0) is 0 Å². The van der Waals surface area contributed by atoms with Crippen LogP contribution >= 0.6 is 0 Å². The van der Waals surface area contributed by atoms with Gasteiger partial charge in [-0.15, -0.1) is 0 Å². The van der Waals surface area contributed by atoms with E-state index in [-0.39, 0.29) is 0 Å². The van der Waals surface area contributed by atoms with Gasteiger partial charge in [-0.05, 0) is 45.5 Å². The minimum atomic E-state index is 0.876. The molecule has 2 heteroatoms. The minimum Gasteiger partial charge on any atom is -0.345 e. The van der Waals surface area contributed by atoms with Crippen LogP contribution < -0.4 is 0 Å². The number of nitrogens with one attached hydrogen (secondary N) is 1. The molecule has 2 nitrogen and oxygen atoms in total. The predicted molar refractivity (Wildman–Crippen MR) is 120 cm³/mol. The van der Waals surface area contributed by atoms with Crippen molar-refractivity contribution in [1.29, 1.82) is 0 Å². The van der Waals surface area contributed by atoms with Crippen molar-refractivity contribution in [2.24, 2.45) is 0 Å². The molecule has 0 saturated carbocycles. The van der Waals surface area contributed by atoms with Gasteiger partial charge < -0.3 is 4.98 Å². The highest BCUT2D eigenvalue weighted by molar-refractivity contribution is 5.93. The summed E-state index contributed by atoms with van der Waals surface area (Å²) >= 11 is 0. The summed E-state index contributed by atoms with van der Waals surface area (Å²) < 4.78 is 0. The van der Waals surface area contributed by atoms with E-state index in [1.54, 1.807) is 6.20 Å². The van der Waals surface area contributed by atoms with Gasteiger partial charge in [-0.1, -0.05) is 91.0 Å². The average molecular weight is 372 g/mol. The molecule has 29 heavy (non-hydrogen) atoms. The lowest BCUT2D eigenvalue weighted by Crippen LogP contribution is -1.93. The largest absolute Gasteiger partial charge is 0.345 e. The Morgan fingerprint density at radius 2 is 0.897 bits per heavy atom. The van der Waals surface area contributed by atoms with Crippen LogP contribution in [0.4, 0.5) is 0 Å². The highest BCUT2D eigenvalue weighted by atomic mass is 14.9. The van der Waals surface area contributed by atoms with Gasteiger partial charge in [0, 0.05) is 18.0 Å². The zero-order valence-corrected chi connectivity index (χ0v) is 15.9. The van der Waals surface area contributed by atoms with Crippen molar-refractivity contribution < 1.29 is 0 Å². The van der Waals surface area contributed by atoms with E-state index in [1.165, 1.54) is 33.4 Å². The first-order valence-corrected chi connectivity index (χ1v) is 9.74. The van der Waals surface area contributed by atoms with E-state index in [4.69, 9.17) is 0 Å². The maximum Gasteiger partial charge on any atom is 0.137 e. The molecule has 0 radical (unpaired) electrons. The Hall–Kier alpha value is -3.91. The molecule has 0 aliphatic heterocycles. The van der Waals surface area contributed by atoms with Gasteiger partial charge in [-0.25, -0.2) is 4.98 Å². The van der Waals surface area contributed by atoms with E-state index in [1.807, 2.05) is 12.3 Å². The third kappa shape index (κ3) is 3.37. The van der Waals surface area contributed by atoms with Gasteiger partial charge in [0.15, 0.2) is 0 Å². The van der Waals surface area contributed by atoms with Gasteiger partial charge in [0.2, 0.25) is 0 Å². The Bertz CT molecular complexity index is 1210. The maximum absolute atomic E-state index is 4.55. The highest BCUT2D eigenvalue weighted by Gasteiger charge is 2.16. The Labute approximate surface area is 170 Å². The molecule has 0 amide bonds. The molecular weight excluding hydrogens is 352 g/mol. The minimum absolute atomic E-state index is 0.876. The van der Waals surface area contributed by atoms with E-state index in [2.05, 4.69) is 107 Å². The van der Waals surface area contributed by atoms with Crippen molar-refractivity contribution >= 4 is 0 Å². The molecule has 1 aromatic heterocycles. The summed E-state index contributed by atoms with van der Waals surface area (Å²) in [6.07, 6.45) is 3.68. The number of nitrogens with zero attached hydrogens (tertiary/aromatic N) is 1. The Morgan fingerprint density at radius 3 is 1.31 bits per heavy atom. The van der Waals surface area contributed by atoms with Gasteiger partial charge in [-0.2, -0.15) is 0 Å². The van der Waals surface area contributed by atoms with Gasteiger partial charge in [0.25, 0.3) is 0 Å². The van der Waals surface area contributed by atoms with Crippen molar-refractivity contribution in [3.63, 3.8) is 0 Å². The van der Waals surface area contributed by atoms with E-state index >= 15 is 0 Å². The third-order valence-corrected chi connectivity index (χ3v) is 5.17. The van der Waals surface area contributed by atoms with Crippen molar-refractivity contribution in [3.05, 3.63) is 116 Å². The molecule has 1 heterocycles. The molecule has 0 aliphatic carbocycles. The molecule has 0 spiro atoms. The number of rotatable bonds is 4. The van der Waals surface area contributed by atoms with Crippen LogP contribution in [-0.4, -0.2) is 9.97 Å². The highest BCUT2D eigenvalue weighted by Crippen LogP contribution is 2.41. The number of imidazole rings is 1. The molecule has 0 bridgehead atoms. The molecular formula is C27H20N2. The van der Waals surface area contributed by atoms with Crippen LogP contribution in [0.25, 0.3) is 44.8 Å². The Kier molecular flexibility index (Phi) is 4.51. The number of benzene rings is 4. The van der Waals surface area contributed by atoms with E-state index in [0.717, 1.165) is 11.4 Å². The van der Waals surface area contributed by atoms with E-state index in [0.29, 0.717) is 0 Å². The molecule has 5 aromatic rings. The molecule has 5 rings (SSSR count). The van der Waals surface area contributed by atoms with Crippen LogP contribution in [0.3, 0.4) is 0 Å². The topological polar surface area (TPSA) is 28.7 Å². The normalized spacial score (nSPS) is 10.8. The molecule has 0 unspecified atom stereocenters. The van der Waals surface area contributed by atoms with Crippen molar-refractivity contribution in [2.45, 2.75) is 0 Å². The molecule has 1 N–H and O–H groups in total. The van der Waals surface area contributed by atoms with Gasteiger partial charge in [-0.3, -0.25) is 0 Å². The second-order valence-corrected chi connectivity index (χ2v) is 6.98. The maximum atomic E-state index is 4.55. The zero-order chi connectivity index (χ0) is 19.5. The van der Waals surface area contributed by atoms with Crippen molar-refractivity contribution in [2.75, 3.05) is 0 Å². The van der Waals surface area contributed by atoms with Crippen molar-refractivity contribution in [3.8, 4) is 44.8 Å². The average Bonchev–Trinajstić information content (AvgIpc) is 3.35. The van der Waals surface area contributed by atoms with Crippen LogP contribution in [0.15, 0.2) is 116 Å². The van der Waals surface area contributed by atoms with E-state index in [9.17, 15) is 0 Å². The number of hydrogen-bond donors (Lipinski definition) is 1. The summed E-state index contributed by atoms with van der Waals surface area (Å²) in [5, 5.41) is 0. The molecule has 0 atom stereocenters. The van der Waals surface area contributed by atoms with Gasteiger partial charge in [0.05, 0.1) is 0 Å². The Morgan fingerprint density at radius 1 is 0.483 bits per heavy atom. The fourth-order valence-electron chi connectivity index (χ4n) is 3.78. The number of hydrogen-bond acceptors (Lipinski definition) is 1. The summed E-state index contributed by atoms with van der Waals surface area (Å²) in [5.41, 5.74) is 8.25. The summed E-state index contributed by atoms with van der Waals surface area (Å²) in [4.78, 5) is 7.84. The lowest BCUT2D eigenvalue weighted by molar-refractivity contribution is 1.31. The second kappa shape index (κ2) is 7.61. The lowest BCUT2D eigenvalue weighted by Gasteiger charge is -2.17. The quantitative estimate of drug-likeness (QED) is 0.359. The first-order chi connectivity index (χ1) is 14.4. The summed E-state index contributed by atoms with van der Waals surface area (Å²) in [6, 6.07) is 36.2. The second-order valence-electron chi connectivity index (χ2n) is 6.98. The van der Waals surface area contributed by atoms with E-state index < -0.39 is 0 Å². The van der Waals surface area contributed by atoms with Crippen LogP contribution in [0.5, 0.6) is 0 Å². The molecule has 0 aliphatic rings. The van der Waals surface area contributed by atoms with Crippen molar-refractivity contribution in [1.82, 2.24) is 9.97 Å². The summed E-state index contributed by atoms with van der Waals surface area (Å²) in [7, 11) is 0. The van der Waals surface area contributed by atoms with Gasteiger partial charge in [0.1, 0.15) is 5.82 Å². The van der Waals surface area contributed by atoms with Crippen LogP contribution in [0, 0.1) is 0 Å². The third-order valence-electron chi connectivity index (χ3n) is 5.17. The standard InChI is InChI=1S/C27H20N2/c1-4-10-20(11-5-1)23-18-25(22-14-8-3-9-15-22)26(27-28-16-17-29-27)19-24(23)21-12-6-2-7-13-21/h1-19H,(H,28,29). The number of aromatic amines is 1.